The van der Waals surface area contributed by atoms with Crippen molar-refractivity contribution in [1.29, 1.82) is 5.26 Å². The smallest absolute Gasteiger partial charge is 0.270 e. The minimum absolute atomic E-state index is 0.0606. The average Bonchev–Trinajstić information content (AvgIpc) is 3.51. The molecule has 1 aromatic heterocycles. The average molecular weight is 539 g/mol. The molecule has 194 valence electrons. The molecule has 0 bridgehead atoms. The first kappa shape index (κ1) is 26.8. The molecule has 1 aliphatic carbocycles. The summed E-state index contributed by atoms with van der Waals surface area (Å²) in [5.41, 5.74) is 1.87. The summed E-state index contributed by atoms with van der Waals surface area (Å²) < 4.78 is 12.7. The summed E-state index contributed by atoms with van der Waals surface area (Å²) in [6.07, 6.45) is 6.53. The van der Waals surface area contributed by atoms with Crippen LogP contribution in [0.1, 0.15) is 47.9 Å². The van der Waals surface area contributed by atoms with Crippen molar-refractivity contribution >= 4 is 46.1 Å². The molecule has 1 saturated carbocycles. The van der Waals surface area contributed by atoms with Crippen LogP contribution in [0.25, 0.3) is 6.08 Å². The highest BCUT2D eigenvalue weighted by atomic mass is 32.2. The number of nitrogens with zero attached hydrogens (tertiary/aromatic N) is 3. The van der Waals surface area contributed by atoms with E-state index >= 15 is 0 Å². The quantitative estimate of drug-likeness (QED) is 0.391. The third kappa shape index (κ3) is 5.24. The normalized spacial score (nSPS) is 16.9. The molecule has 2 heterocycles. The number of benzene rings is 1. The van der Waals surface area contributed by atoms with E-state index in [2.05, 4.69) is 5.32 Å². The lowest BCUT2D eigenvalue weighted by Gasteiger charge is -2.22. The van der Waals surface area contributed by atoms with Crippen LogP contribution in [-0.4, -0.2) is 46.5 Å². The highest BCUT2D eigenvalue weighted by molar-refractivity contribution is 8.26. The van der Waals surface area contributed by atoms with Crippen molar-refractivity contribution in [3.8, 4) is 17.6 Å². The number of nitrogens with one attached hydrogen (secondary N) is 1. The molecule has 1 N–H and O–H groups in total. The Labute approximate surface area is 226 Å². The van der Waals surface area contributed by atoms with E-state index in [-0.39, 0.29) is 23.1 Å². The summed E-state index contributed by atoms with van der Waals surface area (Å²) in [6.45, 7) is 2.25. The van der Waals surface area contributed by atoms with Gasteiger partial charge in [-0.25, -0.2) is 0 Å². The second-order valence-corrected chi connectivity index (χ2v) is 10.8. The molecule has 0 atom stereocenters. The number of methoxy groups -OCH3 is 2. The molecular formula is C27H30N4O4S2. The van der Waals surface area contributed by atoms with Gasteiger partial charge in [0.15, 0.2) is 11.5 Å². The van der Waals surface area contributed by atoms with E-state index in [0.717, 1.165) is 31.2 Å². The molecule has 0 spiro atoms. The van der Waals surface area contributed by atoms with Gasteiger partial charge in [0, 0.05) is 25.2 Å². The lowest BCUT2D eigenvalue weighted by molar-refractivity contribution is -0.123. The number of anilines is 1. The Hall–Kier alpha value is -3.29. The third-order valence-electron chi connectivity index (χ3n) is 6.94. The molecule has 2 aromatic rings. The van der Waals surface area contributed by atoms with Crippen LogP contribution in [0.5, 0.6) is 11.5 Å². The van der Waals surface area contributed by atoms with Crippen molar-refractivity contribution in [2.75, 3.05) is 26.1 Å². The molecule has 8 nitrogen and oxygen atoms in total. The number of thiocarbonyl (C=S) groups is 1. The van der Waals surface area contributed by atoms with Crippen molar-refractivity contribution in [3.05, 3.63) is 55.7 Å². The van der Waals surface area contributed by atoms with Gasteiger partial charge in [-0.1, -0.05) is 42.9 Å². The number of ether oxygens (including phenoxy) is 2. The largest absolute Gasteiger partial charge is 0.493 e. The summed E-state index contributed by atoms with van der Waals surface area (Å²) >= 11 is 6.83. The minimum Gasteiger partial charge on any atom is -0.493 e. The number of thioether (sulfide) groups is 1. The first-order valence-electron chi connectivity index (χ1n) is 12.2. The summed E-state index contributed by atoms with van der Waals surface area (Å²) in [6, 6.07) is 7.91. The van der Waals surface area contributed by atoms with Gasteiger partial charge in [-0.2, -0.15) is 5.26 Å². The van der Waals surface area contributed by atoms with Crippen LogP contribution in [0.4, 0.5) is 5.82 Å². The summed E-state index contributed by atoms with van der Waals surface area (Å²) in [7, 11) is 4.81. The van der Waals surface area contributed by atoms with Crippen LogP contribution in [0.15, 0.2) is 27.9 Å². The monoisotopic (exact) mass is 538 g/mol. The molecule has 4 rings (SSSR count). The van der Waals surface area contributed by atoms with Gasteiger partial charge < -0.3 is 14.8 Å². The molecule has 1 aliphatic heterocycles. The topological polar surface area (TPSA) is 96.6 Å². The van der Waals surface area contributed by atoms with E-state index in [1.54, 1.807) is 39.2 Å². The molecule has 1 aromatic carbocycles. The number of amides is 1. The maximum atomic E-state index is 13.3. The first-order chi connectivity index (χ1) is 17.8. The van der Waals surface area contributed by atoms with E-state index in [1.165, 1.54) is 16.3 Å². The van der Waals surface area contributed by atoms with E-state index in [0.29, 0.717) is 50.6 Å². The van der Waals surface area contributed by atoms with Gasteiger partial charge in [-0.05, 0) is 55.5 Å². The van der Waals surface area contributed by atoms with Crippen molar-refractivity contribution in [2.45, 2.75) is 45.1 Å². The van der Waals surface area contributed by atoms with Gasteiger partial charge in [-0.15, -0.1) is 0 Å². The fourth-order valence-corrected chi connectivity index (χ4v) is 6.28. The molecular weight excluding hydrogens is 508 g/mol. The zero-order valence-electron chi connectivity index (χ0n) is 21.4. The SMILES string of the molecule is COc1ccc(CCNc2c(/C=C3/SC(=S)N(C4CCCC4)C3=O)c(C)c(C#N)c(=O)n2C)cc1OC. The van der Waals surface area contributed by atoms with Crippen LogP contribution in [0.2, 0.25) is 0 Å². The molecule has 0 radical (unpaired) electrons. The van der Waals surface area contributed by atoms with Crippen LogP contribution >= 0.6 is 24.0 Å². The fraction of sp³-hybridized carbons (Fsp3) is 0.407. The Morgan fingerprint density at radius 3 is 2.57 bits per heavy atom. The van der Waals surface area contributed by atoms with Crippen molar-refractivity contribution < 1.29 is 14.3 Å². The van der Waals surface area contributed by atoms with Gasteiger partial charge in [-0.3, -0.25) is 19.1 Å². The Balaban J connectivity index is 1.65. The molecule has 37 heavy (non-hydrogen) atoms. The van der Waals surface area contributed by atoms with E-state index < -0.39 is 0 Å². The molecule has 2 fully saturated rings. The minimum atomic E-state index is -0.385. The van der Waals surface area contributed by atoms with E-state index in [4.69, 9.17) is 21.7 Å². The fourth-order valence-electron chi connectivity index (χ4n) is 4.89. The zero-order valence-corrected chi connectivity index (χ0v) is 23.1. The van der Waals surface area contributed by atoms with Crippen LogP contribution < -0.4 is 20.3 Å². The van der Waals surface area contributed by atoms with Crippen LogP contribution in [0.3, 0.4) is 0 Å². The Kier molecular flexibility index (Phi) is 8.25. The van der Waals surface area contributed by atoms with Gasteiger partial charge >= 0.3 is 0 Å². The van der Waals surface area contributed by atoms with E-state index in [9.17, 15) is 14.9 Å². The Morgan fingerprint density at radius 2 is 1.92 bits per heavy atom. The Morgan fingerprint density at radius 1 is 1.22 bits per heavy atom. The van der Waals surface area contributed by atoms with Crippen molar-refractivity contribution in [1.82, 2.24) is 9.47 Å². The summed E-state index contributed by atoms with van der Waals surface area (Å²) in [5.74, 6) is 1.74. The standard InChI is InChI=1S/C27H30N4O4S2/c1-16-19(14-23-26(33)31(27(36)37-23)18-7-5-6-8-18)24(30(2)25(32)20(16)15-28)29-12-11-17-9-10-21(34-3)22(13-17)35-4/h9-10,13-14,18,29H,5-8,11-12H2,1-4H3/b23-14+. The number of hydrogen-bond donors (Lipinski definition) is 1. The molecule has 2 aliphatic rings. The lowest BCUT2D eigenvalue weighted by atomic mass is 10.0. The van der Waals surface area contributed by atoms with Gasteiger partial charge in [0.2, 0.25) is 0 Å². The first-order valence-corrected chi connectivity index (χ1v) is 13.4. The number of carbonyl (C=O) groups excluding carboxylic acids is 1. The maximum Gasteiger partial charge on any atom is 0.270 e. The molecule has 1 saturated heterocycles. The summed E-state index contributed by atoms with van der Waals surface area (Å²) in [5, 5.41) is 13.0. The molecule has 1 amide bonds. The maximum absolute atomic E-state index is 13.3. The van der Waals surface area contributed by atoms with E-state index in [1.807, 2.05) is 24.3 Å². The van der Waals surface area contributed by atoms with Gasteiger partial charge in [0.1, 0.15) is 21.8 Å². The number of rotatable bonds is 8. The lowest BCUT2D eigenvalue weighted by Crippen LogP contribution is -2.36. The highest BCUT2D eigenvalue weighted by Crippen LogP contribution is 2.39. The van der Waals surface area contributed by atoms with Crippen molar-refractivity contribution in [2.24, 2.45) is 7.05 Å². The number of nitriles is 1. The van der Waals surface area contributed by atoms with Gasteiger partial charge in [0.25, 0.3) is 11.5 Å². The number of aromatic nitrogens is 1. The molecule has 0 unspecified atom stereocenters. The third-order valence-corrected chi connectivity index (χ3v) is 8.27. The number of hydrogen-bond acceptors (Lipinski definition) is 8. The number of carbonyl (C=O) groups is 1. The zero-order chi connectivity index (χ0) is 26.7. The van der Waals surface area contributed by atoms with Gasteiger partial charge in [0.05, 0.1) is 19.1 Å². The Bertz CT molecular complexity index is 1370. The van der Waals surface area contributed by atoms with Crippen molar-refractivity contribution in [3.63, 3.8) is 0 Å². The van der Waals surface area contributed by atoms with Crippen LogP contribution in [0, 0.1) is 18.3 Å². The second kappa shape index (κ2) is 11.4. The number of pyridine rings is 1. The predicted octanol–water partition coefficient (Wildman–Crippen LogP) is 4.38. The van der Waals surface area contributed by atoms with Crippen LogP contribution in [-0.2, 0) is 18.3 Å². The highest BCUT2D eigenvalue weighted by Gasteiger charge is 2.38. The summed E-state index contributed by atoms with van der Waals surface area (Å²) in [4.78, 5) is 28.5. The molecule has 10 heteroatoms. The predicted molar refractivity (Wildman–Crippen MR) is 150 cm³/mol. The second-order valence-electron chi connectivity index (χ2n) is 9.09.